The monoisotopic (exact) mass is 232 g/mol. The van der Waals surface area contributed by atoms with Crippen molar-refractivity contribution in [2.75, 3.05) is 19.6 Å². The Morgan fingerprint density at radius 3 is 2.53 bits per heavy atom. The maximum absolute atomic E-state index is 11.8. The first-order valence-electron chi connectivity index (χ1n) is 6.13. The summed E-state index contributed by atoms with van der Waals surface area (Å²) in [7, 11) is 0. The lowest BCUT2D eigenvalue weighted by Gasteiger charge is -2.30. The lowest BCUT2D eigenvalue weighted by Crippen LogP contribution is -2.52. The van der Waals surface area contributed by atoms with E-state index >= 15 is 0 Å². The van der Waals surface area contributed by atoms with Gasteiger partial charge in [-0.25, -0.2) is 0 Å². The Kier molecular flexibility index (Phi) is 3.48. The van der Waals surface area contributed by atoms with Gasteiger partial charge in [0.25, 0.3) is 0 Å². The standard InChI is InChI=1S/C14H20N2O/c1-14(2,12-6-4-3-5-7-12)10-16-13(17)11-8-15-9-11/h3-7,11,15H,8-10H2,1-2H3,(H,16,17). The first-order valence-corrected chi connectivity index (χ1v) is 6.13. The van der Waals surface area contributed by atoms with Crippen LogP contribution in [0.5, 0.6) is 0 Å². The topological polar surface area (TPSA) is 41.1 Å². The summed E-state index contributed by atoms with van der Waals surface area (Å²) in [5, 5.41) is 6.15. The average Bonchev–Trinajstić information content (AvgIpc) is 2.25. The molecule has 2 N–H and O–H groups in total. The minimum Gasteiger partial charge on any atom is -0.355 e. The molecule has 2 rings (SSSR count). The second-order valence-corrected chi connectivity index (χ2v) is 5.32. The first kappa shape index (κ1) is 12.1. The van der Waals surface area contributed by atoms with Crippen molar-refractivity contribution >= 4 is 5.91 Å². The number of amides is 1. The van der Waals surface area contributed by atoms with Crippen LogP contribution in [0.3, 0.4) is 0 Å². The molecule has 0 spiro atoms. The molecule has 1 fully saturated rings. The summed E-state index contributed by atoms with van der Waals surface area (Å²) in [5.41, 5.74) is 1.24. The molecule has 1 aromatic rings. The molecule has 3 heteroatoms. The Bertz CT molecular complexity index is 382. The van der Waals surface area contributed by atoms with Gasteiger partial charge in [-0.2, -0.15) is 0 Å². The Balaban J connectivity index is 1.91. The van der Waals surface area contributed by atoms with E-state index in [1.54, 1.807) is 0 Å². The van der Waals surface area contributed by atoms with E-state index < -0.39 is 0 Å². The molecule has 0 aromatic heterocycles. The van der Waals surface area contributed by atoms with Crippen LogP contribution in [0.1, 0.15) is 19.4 Å². The van der Waals surface area contributed by atoms with Crippen LogP contribution in [0.4, 0.5) is 0 Å². The molecule has 1 heterocycles. The second-order valence-electron chi connectivity index (χ2n) is 5.32. The van der Waals surface area contributed by atoms with Crippen molar-refractivity contribution in [3.63, 3.8) is 0 Å². The summed E-state index contributed by atoms with van der Waals surface area (Å²) >= 11 is 0. The molecule has 0 atom stereocenters. The van der Waals surface area contributed by atoms with E-state index in [1.807, 2.05) is 18.2 Å². The minimum atomic E-state index is -0.0197. The Morgan fingerprint density at radius 1 is 1.35 bits per heavy atom. The summed E-state index contributed by atoms with van der Waals surface area (Å²) in [6.07, 6.45) is 0. The predicted molar refractivity (Wildman–Crippen MR) is 68.8 cm³/mol. The number of carbonyl (C=O) groups excluding carboxylic acids is 1. The molecule has 1 aromatic carbocycles. The zero-order chi connectivity index (χ0) is 12.3. The highest BCUT2D eigenvalue weighted by atomic mass is 16.2. The fourth-order valence-electron chi connectivity index (χ4n) is 1.92. The number of benzene rings is 1. The van der Waals surface area contributed by atoms with Gasteiger partial charge in [-0.1, -0.05) is 44.2 Å². The zero-order valence-corrected chi connectivity index (χ0v) is 10.5. The molecule has 0 bridgehead atoms. The molecule has 1 amide bonds. The van der Waals surface area contributed by atoms with Crippen molar-refractivity contribution in [1.29, 1.82) is 0 Å². The van der Waals surface area contributed by atoms with Crippen LogP contribution in [0.25, 0.3) is 0 Å². The second kappa shape index (κ2) is 4.88. The molecule has 17 heavy (non-hydrogen) atoms. The molecular formula is C14H20N2O. The Labute approximate surface area is 103 Å². The van der Waals surface area contributed by atoms with Gasteiger partial charge in [-0.15, -0.1) is 0 Å². The van der Waals surface area contributed by atoms with Gasteiger partial charge in [0, 0.05) is 25.0 Å². The van der Waals surface area contributed by atoms with Crippen molar-refractivity contribution in [1.82, 2.24) is 10.6 Å². The Hall–Kier alpha value is -1.35. The number of hydrogen-bond donors (Lipinski definition) is 2. The summed E-state index contributed by atoms with van der Waals surface area (Å²) in [6.45, 7) is 6.63. The molecule has 0 saturated carbocycles. The van der Waals surface area contributed by atoms with E-state index in [0.29, 0.717) is 6.54 Å². The number of carbonyl (C=O) groups is 1. The lowest BCUT2D eigenvalue weighted by atomic mass is 9.84. The van der Waals surface area contributed by atoms with Crippen molar-refractivity contribution in [3.05, 3.63) is 35.9 Å². The van der Waals surface area contributed by atoms with Gasteiger partial charge < -0.3 is 10.6 Å². The van der Waals surface area contributed by atoms with Crippen LogP contribution < -0.4 is 10.6 Å². The maximum atomic E-state index is 11.8. The highest BCUT2D eigenvalue weighted by Crippen LogP contribution is 2.21. The van der Waals surface area contributed by atoms with Crippen molar-refractivity contribution in [3.8, 4) is 0 Å². The van der Waals surface area contributed by atoms with Crippen LogP contribution in [-0.2, 0) is 10.2 Å². The third-order valence-corrected chi connectivity index (χ3v) is 3.41. The van der Waals surface area contributed by atoms with Crippen LogP contribution in [0.2, 0.25) is 0 Å². The smallest absolute Gasteiger partial charge is 0.225 e. The maximum Gasteiger partial charge on any atom is 0.225 e. The molecule has 0 unspecified atom stereocenters. The fourth-order valence-corrected chi connectivity index (χ4v) is 1.92. The van der Waals surface area contributed by atoms with E-state index in [0.717, 1.165) is 13.1 Å². The third-order valence-electron chi connectivity index (χ3n) is 3.41. The molecule has 1 aliphatic heterocycles. The SMILES string of the molecule is CC(C)(CNC(=O)C1CNC1)c1ccccc1. The molecular weight excluding hydrogens is 212 g/mol. The van der Waals surface area contributed by atoms with E-state index in [4.69, 9.17) is 0 Å². The van der Waals surface area contributed by atoms with Gasteiger partial charge in [0.1, 0.15) is 0 Å². The van der Waals surface area contributed by atoms with Gasteiger partial charge in [0.2, 0.25) is 5.91 Å². The third kappa shape index (κ3) is 2.86. The Morgan fingerprint density at radius 2 is 2.00 bits per heavy atom. The molecule has 3 nitrogen and oxygen atoms in total. The highest BCUT2D eigenvalue weighted by Gasteiger charge is 2.27. The number of hydrogen-bond acceptors (Lipinski definition) is 2. The zero-order valence-electron chi connectivity index (χ0n) is 10.5. The molecule has 1 saturated heterocycles. The number of nitrogens with one attached hydrogen (secondary N) is 2. The van der Waals surface area contributed by atoms with Crippen molar-refractivity contribution in [2.45, 2.75) is 19.3 Å². The van der Waals surface area contributed by atoms with Gasteiger partial charge in [-0.3, -0.25) is 4.79 Å². The largest absolute Gasteiger partial charge is 0.355 e. The van der Waals surface area contributed by atoms with Gasteiger partial charge >= 0.3 is 0 Å². The molecule has 92 valence electrons. The lowest BCUT2D eigenvalue weighted by molar-refractivity contribution is -0.126. The highest BCUT2D eigenvalue weighted by molar-refractivity contribution is 5.80. The average molecular weight is 232 g/mol. The summed E-state index contributed by atoms with van der Waals surface area (Å²) in [5.74, 6) is 0.342. The summed E-state index contributed by atoms with van der Waals surface area (Å²) < 4.78 is 0. The van der Waals surface area contributed by atoms with Gasteiger partial charge in [0.15, 0.2) is 0 Å². The van der Waals surface area contributed by atoms with Crippen molar-refractivity contribution in [2.24, 2.45) is 5.92 Å². The normalized spacial score (nSPS) is 16.4. The van der Waals surface area contributed by atoms with Crippen LogP contribution >= 0.6 is 0 Å². The first-order chi connectivity index (χ1) is 8.09. The van der Waals surface area contributed by atoms with Crippen LogP contribution in [0.15, 0.2) is 30.3 Å². The quantitative estimate of drug-likeness (QED) is 0.821. The molecule has 1 aliphatic rings. The molecule has 0 aliphatic carbocycles. The van der Waals surface area contributed by atoms with E-state index in [2.05, 4.69) is 36.6 Å². The number of rotatable bonds is 4. The summed E-state index contributed by atoms with van der Waals surface area (Å²) in [4.78, 5) is 11.8. The molecule has 0 radical (unpaired) electrons. The summed E-state index contributed by atoms with van der Waals surface area (Å²) in [6, 6.07) is 10.3. The predicted octanol–water partition coefficient (Wildman–Crippen LogP) is 1.30. The fraction of sp³-hybridized carbons (Fsp3) is 0.500. The van der Waals surface area contributed by atoms with E-state index in [9.17, 15) is 4.79 Å². The van der Waals surface area contributed by atoms with E-state index in [1.165, 1.54) is 5.56 Å². The van der Waals surface area contributed by atoms with Gasteiger partial charge in [0.05, 0.1) is 5.92 Å². The van der Waals surface area contributed by atoms with Crippen molar-refractivity contribution < 1.29 is 4.79 Å². The van der Waals surface area contributed by atoms with Gasteiger partial charge in [-0.05, 0) is 5.56 Å². The minimum absolute atomic E-state index is 0.0197. The van der Waals surface area contributed by atoms with E-state index in [-0.39, 0.29) is 17.2 Å². The van der Waals surface area contributed by atoms with Crippen LogP contribution in [-0.4, -0.2) is 25.5 Å². The van der Waals surface area contributed by atoms with Crippen LogP contribution in [0, 0.1) is 5.92 Å².